The Morgan fingerprint density at radius 3 is 2.36 bits per heavy atom. The number of pyridine rings is 1. The van der Waals surface area contributed by atoms with Gasteiger partial charge in [-0.15, -0.1) is 0 Å². The molecule has 0 aliphatic rings. The Morgan fingerprint density at radius 1 is 0.955 bits per heavy atom. The summed E-state index contributed by atoms with van der Waals surface area (Å²) >= 11 is 0. The number of aromatic amines is 1. The van der Waals surface area contributed by atoms with Gasteiger partial charge in [0.05, 0.1) is 16.5 Å². The monoisotopic (exact) mass is 307 g/mol. The summed E-state index contributed by atoms with van der Waals surface area (Å²) in [5, 5.41) is -0.421. The first-order chi connectivity index (χ1) is 10.4. The van der Waals surface area contributed by atoms with Crippen molar-refractivity contribution >= 4 is 10.9 Å². The van der Waals surface area contributed by atoms with E-state index in [4.69, 9.17) is 0 Å². The minimum Gasteiger partial charge on any atom is -0.354 e. The standard InChI is InChI=1S/C16H9F4NO/c17-10-4-1-3-9(7-10)13-8-14(22)15-11(16(18,19)20)5-2-6-12(15)21-13/h1-8H,(H,21,22). The second kappa shape index (κ2) is 4.98. The fourth-order valence-corrected chi connectivity index (χ4v) is 2.35. The number of benzene rings is 2. The summed E-state index contributed by atoms with van der Waals surface area (Å²) in [5.74, 6) is -0.498. The van der Waals surface area contributed by atoms with Gasteiger partial charge in [-0.05, 0) is 24.3 Å². The summed E-state index contributed by atoms with van der Waals surface area (Å²) in [7, 11) is 0. The Bertz CT molecular complexity index is 912. The Kier molecular flexibility index (Phi) is 3.24. The number of hydrogen-bond acceptors (Lipinski definition) is 1. The van der Waals surface area contributed by atoms with E-state index in [2.05, 4.69) is 4.98 Å². The quantitative estimate of drug-likeness (QED) is 0.666. The third kappa shape index (κ3) is 2.47. The molecule has 1 aromatic heterocycles. The van der Waals surface area contributed by atoms with Crippen LogP contribution in [0.5, 0.6) is 0 Å². The molecule has 0 radical (unpaired) electrons. The van der Waals surface area contributed by atoms with Gasteiger partial charge in [-0.1, -0.05) is 18.2 Å². The van der Waals surface area contributed by atoms with Gasteiger partial charge in [-0.25, -0.2) is 4.39 Å². The van der Waals surface area contributed by atoms with Gasteiger partial charge in [0.1, 0.15) is 5.82 Å². The van der Waals surface area contributed by atoms with E-state index in [1.165, 1.54) is 30.3 Å². The predicted octanol–water partition coefficient (Wildman–Crippen LogP) is 4.35. The molecule has 1 heterocycles. The zero-order valence-electron chi connectivity index (χ0n) is 11.0. The Labute approximate surface area is 122 Å². The van der Waals surface area contributed by atoms with Crippen LogP contribution in [0.1, 0.15) is 5.56 Å². The van der Waals surface area contributed by atoms with Crippen molar-refractivity contribution in [3.8, 4) is 11.3 Å². The molecule has 1 N–H and O–H groups in total. The molecule has 0 spiro atoms. The highest BCUT2D eigenvalue weighted by Crippen LogP contribution is 2.33. The van der Waals surface area contributed by atoms with Crippen LogP contribution >= 0.6 is 0 Å². The van der Waals surface area contributed by atoms with E-state index in [9.17, 15) is 22.4 Å². The smallest absolute Gasteiger partial charge is 0.354 e. The van der Waals surface area contributed by atoms with Crippen molar-refractivity contribution in [1.29, 1.82) is 0 Å². The van der Waals surface area contributed by atoms with Gasteiger partial charge in [0.25, 0.3) is 0 Å². The molecule has 0 bridgehead atoms. The number of halogens is 4. The number of aromatic nitrogens is 1. The highest BCUT2D eigenvalue weighted by molar-refractivity contribution is 5.85. The highest BCUT2D eigenvalue weighted by Gasteiger charge is 2.33. The number of alkyl halides is 3. The van der Waals surface area contributed by atoms with E-state index in [0.29, 0.717) is 5.56 Å². The molecule has 2 nitrogen and oxygen atoms in total. The average Bonchev–Trinajstić information content (AvgIpc) is 2.45. The van der Waals surface area contributed by atoms with Crippen LogP contribution < -0.4 is 5.43 Å². The molecule has 0 saturated heterocycles. The summed E-state index contributed by atoms with van der Waals surface area (Å²) in [5.41, 5.74) is -1.05. The first-order valence-electron chi connectivity index (χ1n) is 6.35. The third-order valence-corrected chi connectivity index (χ3v) is 3.30. The zero-order chi connectivity index (χ0) is 15.9. The maximum atomic E-state index is 13.2. The maximum Gasteiger partial charge on any atom is 0.417 e. The van der Waals surface area contributed by atoms with Crippen molar-refractivity contribution in [1.82, 2.24) is 4.98 Å². The lowest BCUT2D eigenvalue weighted by atomic mass is 10.0. The highest BCUT2D eigenvalue weighted by atomic mass is 19.4. The first-order valence-corrected chi connectivity index (χ1v) is 6.35. The average molecular weight is 307 g/mol. The van der Waals surface area contributed by atoms with Gasteiger partial charge in [0, 0.05) is 17.3 Å². The molecule has 0 aliphatic heterocycles. The fourth-order valence-electron chi connectivity index (χ4n) is 2.35. The lowest BCUT2D eigenvalue weighted by molar-refractivity contribution is -0.136. The van der Waals surface area contributed by atoms with Gasteiger partial charge in [0.15, 0.2) is 5.43 Å². The fraction of sp³-hybridized carbons (Fsp3) is 0.0625. The minimum atomic E-state index is -4.62. The Hall–Kier alpha value is -2.63. The molecular formula is C16H9F4NO. The zero-order valence-corrected chi connectivity index (χ0v) is 11.0. The van der Waals surface area contributed by atoms with Crippen LogP contribution in [0.15, 0.2) is 53.3 Å². The second-order valence-electron chi connectivity index (χ2n) is 4.78. The van der Waals surface area contributed by atoms with Gasteiger partial charge < -0.3 is 4.98 Å². The summed E-state index contributed by atoms with van der Waals surface area (Å²) < 4.78 is 52.2. The van der Waals surface area contributed by atoms with Crippen LogP contribution in [-0.2, 0) is 6.18 Å². The van der Waals surface area contributed by atoms with Crippen molar-refractivity contribution < 1.29 is 17.6 Å². The normalized spacial score (nSPS) is 11.8. The van der Waals surface area contributed by atoms with E-state index in [-0.39, 0.29) is 11.2 Å². The SMILES string of the molecule is O=c1cc(-c2cccc(F)c2)[nH]c2cccc(C(F)(F)F)c12. The first kappa shape index (κ1) is 14.3. The van der Waals surface area contributed by atoms with Crippen LogP contribution in [-0.4, -0.2) is 4.98 Å². The van der Waals surface area contributed by atoms with Gasteiger partial charge >= 0.3 is 6.18 Å². The Balaban J connectivity index is 2.29. The number of hydrogen-bond donors (Lipinski definition) is 1. The summed E-state index contributed by atoms with van der Waals surface area (Å²) in [6.07, 6.45) is -4.62. The Morgan fingerprint density at radius 2 is 1.68 bits per heavy atom. The molecule has 3 aromatic rings. The van der Waals surface area contributed by atoms with Crippen molar-refractivity contribution in [2.75, 3.05) is 0 Å². The topological polar surface area (TPSA) is 32.9 Å². The van der Waals surface area contributed by atoms with Gasteiger partial charge in [0.2, 0.25) is 0 Å². The van der Waals surface area contributed by atoms with E-state index in [0.717, 1.165) is 12.1 Å². The van der Waals surface area contributed by atoms with Gasteiger partial charge in [-0.3, -0.25) is 4.79 Å². The molecule has 22 heavy (non-hydrogen) atoms. The lowest BCUT2D eigenvalue weighted by Crippen LogP contribution is -2.13. The van der Waals surface area contributed by atoms with Crippen molar-refractivity contribution in [3.63, 3.8) is 0 Å². The predicted molar refractivity (Wildman–Crippen MR) is 75.0 cm³/mol. The van der Waals surface area contributed by atoms with E-state index < -0.39 is 28.4 Å². The number of fused-ring (bicyclic) bond motifs is 1. The molecular weight excluding hydrogens is 298 g/mol. The summed E-state index contributed by atoms with van der Waals surface area (Å²) in [6, 6.07) is 9.97. The van der Waals surface area contributed by atoms with Crippen LogP contribution in [0.4, 0.5) is 17.6 Å². The van der Waals surface area contributed by atoms with E-state index >= 15 is 0 Å². The third-order valence-electron chi connectivity index (χ3n) is 3.30. The molecule has 0 aliphatic carbocycles. The van der Waals surface area contributed by atoms with Crippen LogP contribution in [0, 0.1) is 5.82 Å². The molecule has 6 heteroatoms. The van der Waals surface area contributed by atoms with E-state index in [1.54, 1.807) is 6.07 Å². The van der Waals surface area contributed by atoms with Crippen LogP contribution in [0.3, 0.4) is 0 Å². The van der Waals surface area contributed by atoms with Crippen molar-refractivity contribution in [3.05, 3.63) is 70.1 Å². The number of H-pyrrole nitrogens is 1. The van der Waals surface area contributed by atoms with Crippen molar-refractivity contribution in [2.45, 2.75) is 6.18 Å². The summed E-state index contributed by atoms with van der Waals surface area (Å²) in [4.78, 5) is 14.9. The maximum absolute atomic E-state index is 13.2. The molecule has 3 rings (SSSR count). The lowest BCUT2D eigenvalue weighted by Gasteiger charge is -2.11. The van der Waals surface area contributed by atoms with E-state index in [1.807, 2.05) is 0 Å². The van der Waals surface area contributed by atoms with Gasteiger partial charge in [-0.2, -0.15) is 13.2 Å². The largest absolute Gasteiger partial charge is 0.417 e. The molecule has 112 valence electrons. The van der Waals surface area contributed by atoms with Crippen molar-refractivity contribution in [2.24, 2.45) is 0 Å². The number of nitrogens with one attached hydrogen (secondary N) is 1. The molecule has 0 unspecified atom stereocenters. The van der Waals surface area contributed by atoms with Crippen LogP contribution in [0.2, 0.25) is 0 Å². The second-order valence-corrected chi connectivity index (χ2v) is 4.78. The number of rotatable bonds is 1. The molecule has 0 amide bonds. The summed E-state index contributed by atoms with van der Waals surface area (Å²) in [6.45, 7) is 0. The molecule has 0 saturated carbocycles. The van der Waals surface area contributed by atoms with Crippen LogP contribution in [0.25, 0.3) is 22.2 Å². The molecule has 0 fully saturated rings. The molecule has 2 aromatic carbocycles. The molecule has 0 atom stereocenters. The minimum absolute atomic E-state index is 0.0570.